The Labute approximate surface area is 105 Å². The summed E-state index contributed by atoms with van der Waals surface area (Å²) in [5.41, 5.74) is 1.94. The maximum atomic E-state index is 11.6. The third kappa shape index (κ3) is 1.72. The highest BCUT2D eigenvalue weighted by Gasteiger charge is 2.29. The third-order valence-electron chi connectivity index (χ3n) is 2.91. The van der Waals surface area contributed by atoms with Crippen LogP contribution in [0.1, 0.15) is 29.4 Å². The Hall–Kier alpha value is -2.35. The minimum atomic E-state index is -0.205. The molecule has 1 N–H and O–H groups in total. The zero-order valence-corrected chi connectivity index (χ0v) is 10.3. The molecule has 2 rings (SSSR count). The number of carbonyl (C=O) groups is 1. The van der Waals surface area contributed by atoms with Gasteiger partial charge >= 0.3 is 5.88 Å². The van der Waals surface area contributed by atoms with Crippen molar-refractivity contribution in [1.82, 2.24) is 4.40 Å². The zero-order chi connectivity index (χ0) is 13.3. The van der Waals surface area contributed by atoms with E-state index in [0.717, 1.165) is 11.2 Å². The van der Waals surface area contributed by atoms with E-state index in [1.165, 1.54) is 6.92 Å². The van der Waals surface area contributed by atoms with Crippen LogP contribution < -0.4 is 4.57 Å². The van der Waals surface area contributed by atoms with E-state index in [-0.39, 0.29) is 23.8 Å². The molecule has 18 heavy (non-hydrogen) atoms. The van der Waals surface area contributed by atoms with E-state index in [2.05, 4.69) is 0 Å². The molecule has 0 saturated heterocycles. The molecule has 92 valence electrons. The number of aryl methyl sites for hydroxylation is 2. The third-order valence-corrected chi connectivity index (χ3v) is 2.91. The lowest BCUT2D eigenvalue weighted by Crippen LogP contribution is -2.33. The first-order valence-electron chi connectivity index (χ1n) is 5.68. The highest BCUT2D eigenvalue weighted by molar-refractivity contribution is 5.95. The van der Waals surface area contributed by atoms with Gasteiger partial charge in [0.25, 0.3) is 11.3 Å². The Morgan fingerprint density at radius 2 is 2.33 bits per heavy atom. The highest BCUT2D eigenvalue weighted by Crippen LogP contribution is 2.19. The molecule has 2 aromatic rings. The Bertz CT molecular complexity index is 665. The van der Waals surface area contributed by atoms with E-state index in [4.69, 9.17) is 5.26 Å². The summed E-state index contributed by atoms with van der Waals surface area (Å²) >= 11 is 0. The summed E-state index contributed by atoms with van der Waals surface area (Å²) in [5.74, 6) is -0.282. The van der Waals surface area contributed by atoms with Crippen LogP contribution in [-0.2, 0) is 6.54 Å². The van der Waals surface area contributed by atoms with Gasteiger partial charge in [-0.15, -0.1) is 0 Å². The number of pyridine rings is 1. The van der Waals surface area contributed by atoms with Crippen LogP contribution in [0.2, 0.25) is 0 Å². The number of nitriles is 1. The second kappa shape index (κ2) is 4.49. The number of rotatable bonds is 3. The van der Waals surface area contributed by atoms with Crippen molar-refractivity contribution in [3.05, 3.63) is 29.6 Å². The van der Waals surface area contributed by atoms with Crippen LogP contribution in [0, 0.1) is 18.3 Å². The number of hydrogen-bond donors (Lipinski definition) is 1. The summed E-state index contributed by atoms with van der Waals surface area (Å²) in [6.07, 6.45) is 2.02. The van der Waals surface area contributed by atoms with Crippen molar-refractivity contribution in [2.24, 2.45) is 0 Å². The normalized spacial score (nSPS) is 10.5. The molecule has 0 saturated carbocycles. The molecular formula is C13H14N3O2+. The van der Waals surface area contributed by atoms with E-state index < -0.39 is 0 Å². The van der Waals surface area contributed by atoms with Crippen LogP contribution >= 0.6 is 0 Å². The number of Topliss-reactive ketones (excluding diaryl/α,β-unsaturated/α-hetero) is 1. The number of nitrogens with zero attached hydrogens (tertiary/aromatic N) is 3. The fourth-order valence-corrected chi connectivity index (χ4v) is 2.17. The zero-order valence-electron chi connectivity index (χ0n) is 10.3. The number of hydrogen-bond acceptors (Lipinski definition) is 3. The molecule has 0 bridgehead atoms. The Morgan fingerprint density at radius 3 is 2.94 bits per heavy atom. The topological polar surface area (TPSA) is 69.4 Å². The smallest absolute Gasteiger partial charge is 0.334 e. The molecule has 0 aliphatic heterocycles. The fraction of sp³-hybridized carbons (Fsp3) is 0.308. The SMILES string of the molecule is CC(=O)c1c(O)[n+](CCC#N)c2c(C)cccn12. The molecule has 0 aromatic carbocycles. The molecule has 2 aromatic heterocycles. The second-order valence-corrected chi connectivity index (χ2v) is 4.17. The molecule has 5 nitrogen and oxygen atoms in total. The molecule has 0 fully saturated rings. The molecule has 0 aliphatic carbocycles. The van der Waals surface area contributed by atoms with Gasteiger partial charge in [0.2, 0.25) is 5.78 Å². The summed E-state index contributed by atoms with van der Waals surface area (Å²) in [6.45, 7) is 3.68. The van der Waals surface area contributed by atoms with Gasteiger partial charge in [-0.05, 0) is 19.1 Å². The summed E-state index contributed by atoms with van der Waals surface area (Å²) in [7, 11) is 0. The molecule has 2 heterocycles. The highest BCUT2D eigenvalue weighted by atomic mass is 16.3. The molecule has 0 unspecified atom stereocenters. The summed E-state index contributed by atoms with van der Waals surface area (Å²) in [5, 5.41) is 18.8. The lowest BCUT2D eigenvalue weighted by molar-refractivity contribution is -0.676. The van der Waals surface area contributed by atoms with Gasteiger partial charge in [0.15, 0.2) is 0 Å². The second-order valence-electron chi connectivity index (χ2n) is 4.17. The van der Waals surface area contributed by atoms with Crippen molar-refractivity contribution in [1.29, 1.82) is 5.26 Å². The van der Waals surface area contributed by atoms with Gasteiger partial charge in [0.1, 0.15) is 6.54 Å². The number of fused-ring (bicyclic) bond motifs is 1. The monoisotopic (exact) mass is 244 g/mol. The molecular weight excluding hydrogens is 230 g/mol. The molecule has 0 spiro atoms. The van der Waals surface area contributed by atoms with Crippen LogP contribution in [-0.4, -0.2) is 15.3 Å². The average molecular weight is 244 g/mol. The number of imidazole rings is 1. The Kier molecular flexibility index (Phi) is 3.02. The van der Waals surface area contributed by atoms with Crippen molar-refractivity contribution in [2.45, 2.75) is 26.8 Å². The van der Waals surface area contributed by atoms with E-state index in [0.29, 0.717) is 6.54 Å². The van der Waals surface area contributed by atoms with Gasteiger partial charge < -0.3 is 5.11 Å². The van der Waals surface area contributed by atoms with Crippen molar-refractivity contribution in [3.63, 3.8) is 0 Å². The van der Waals surface area contributed by atoms with Crippen LogP contribution in [0.3, 0.4) is 0 Å². The Morgan fingerprint density at radius 1 is 1.61 bits per heavy atom. The minimum Gasteiger partial charge on any atom is -0.475 e. The summed E-state index contributed by atoms with van der Waals surface area (Å²) in [6, 6.07) is 5.77. The van der Waals surface area contributed by atoms with Crippen molar-refractivity contribution in [2.75, 3.05) is 0 Å². The van der Waals surface area contributed by atoms with Gasteiger partial charge in [-0.1, -0.05) is 0 Å². The number of ketones is 1. The largest absolute Gasteiger partial charge is 0.475 e. The average Bonchev–Trinajstić information content (AvgIpc) is 2.60. The number of aromatic nitrogens is 2. The predicted octanol–water partition coefficient (Wildman–Crippen LogP) is 1.36. The molecule has 0 atom stereocenters. The quantitative estimate of drug-likeness (QED) is 0.654. The maximum absolute atomic E-state index is 11.6. The van der Waals surface area contributed by atoms with Gasteiger partial charge in [-0.25, -0.2) is 0 Å². The first-order chi connectivity index (χ1) is 8.57. The van der Waals surface area contributed by atoms with Gasteiger partial charge in [-0.3, -0.25) is 4.79 Å². The van der Waals surface area contributed by atoms with Crippen molar-refractivity contribution >= 4 is 11.4 Å². The van der Waals surface area contributed by atoms with Crippen LogP contribution in [0.4, 0.5) is 0 Å². The summed E-state index contributed by atoms with van der Waals surface area (Å²) < 4.78 is 3.28. The predicted molar refractivity (Wildman–Crippen MR) is 64.2 cm³/mol. The summed E-state index contributed by atoms with van der Waals surface area (Å²) in [4.78, 5) is 11.6. The van der Waals surface area contributed by atoms with Crippen LogP contribution in [0.5, 0.6) is 5.88 Å². The van der Waals surface area contributed by atoms with Crippen molar-refractivity contribution < 1.29 is 14.5 Å². The van der Waals surface area contributed by atoms with E-state index in [9.17, 15) is 9.90 Å². The van der Waals surface area contributed by atoms with Gasteiger partial charge in [-0.2, -0.15) is 14.2 Å². The van der Waals surface area contributed by atoms with Crippen molar-refractivity contribution in [3.8, 4) is 11.9 Å². The van der Waals surface area contributed by atoms with E-state index in [1.54, 1.807) is 15.2 Å². The molecule has 5 heteroatoms. The van der Waals surface area contributed by atoms with Gasteiger partial charge in [0.05, 0.1) is 18.7 Å². The van der Waals surface area contributed by atoms with Crippen LogP contribution in [0.15, 0.2) is 18.3 Å². The lowest BCUT2D eigenvalue weighted by Gasteiger charge is -1.96. The van der Waals surface area contributed by atoms with Gasteiger partial charge in [0, 0.05) is 12.5 Å². The molecule has 0 amide bonds. The fourth-order valence-electron chi connectivity index (χ4n) is 2.17. The molecule has 0 radical (unpaired) electrons. The molecule has 0 aliphatic rings. The lowest BCUT2D eigenvalue weighted by atomic mass is 10.3. The number of carbonyl (C=O) groups excluding carboxylic acids is 1. The first kappa shape index (κ1) is 12.1. The minimum absolute atomic E-state index is 0.0768. The van der Waals surface area contributed by atoms with E-state index >= 15 is 0 Å². The number of aromatic hydroxyl groups is 1. The maximum Gasteiger partial charge on any atom is 0.334 e. The van der Waals surface area contributed by atoms with E-state index in [1.807, 2.05) is 25.1 Å². The first-order valence-corrected chi connectivity index (χ1v) is 5.68. The standard InChI is InChI=1S/C13H13N3O2/c1-9-5-3-7-15-11(10(2)17)13(18)16(12(9)15)8-4-6-14/h3,5,7H,4,8H2,1-2H3/p+1. The van der Waals surface area contributed by atoms with Crippen LogP contribution in [0.25, 0.3) is 5.65 Å². The Balaban J connectivity index is 2.80.